The summed E-state index contributed by atoms with van der Waals surface area (Å²) >= 11 is 0. The van der Waals surface area contributed by atoms with Crippen molar-refractivity contribution in [2.45, 2.75) is 80.1 Å². The van der Waals surface area contributed by atoms with Crippen LogP contribution < -0.4 is 5.32 Å². The van der Waals surface area contributed by atoms with Crippen LogP contribution in [-0.4, -0.2) is 23.5 Å². The van der Waals surface area contributed by atoms with Crippen molar-refractivity contribution in [1.82, 2.24) is 5.32 Å². The lowest BCUT2D eigenvalue weighted by Crippen LogP contribution is -2.24. The Morgan fingerprint density at radius 3 is 2.04 bits per heavy atom. The lowest BCUT2D eigenvalue weighted by atomic mass is 10.2. The standard InChI is InChI=1S/C11H17NO3.C3H8.C3H6.C2H6/c1-2-3-4-5-6-9-12-10(13)7-8-11(14)15;2*1-3-2;1-2/h4-9H2,1H3,(H,12,13)(H,14,15);3H2,1-2H3;3H,1H2,2H3;1-2H3. The summed E-state index contributed by atoms with van der Waals surface area (Å²) in [6, 6.07) is 0. The van der Waals surface area contributed by atoms with Crippen LogP contribution in [0.3, 0.4) is 0 Å². The zero-order chi connectivity index (χ0) is 18.9. The number of nitrogens with one attached hydrogen (secondary N) is 1. The van der Waals surface area contributed by atoms with E-state index in [1.54, 1.807) is 13.0 Å². The van der Waals surface area contributed by atoms with Gasteiger partial charge >= 0.3 is 5.97 Å². The first kappa shape index (κ1) is 29.3. The second-order valence-corrected chi connectivity index (χ2v) is 4.24. The highest BCUT2D eigenvalue weighted by Crippen LogP contribution is 1.93. The Kier molecular flexibility index (Phi) is 41.1. The van der Waals surface area contributed by atoms with Crippen LogP contribution in [0.4, 0.5) is 0 Å². The number of carboxylic acid groups (broad SMARTS) is 1. The van der Waals surface area contributed by atoms with E-state index >= 15 is 0 Å². The Labute approximate surface area is 143 Å². The molecule has 0 aliphatic carbocycles. The summed E-state index contributed by atoms with van der Waals surface area (Å²) in [7, 11) is 0. The van der Waals surface area contributed by atoms with E-state index in [2.05, 4.69) is 37.6 Å². The number of amides is 1. The number of aliphatic carboxylic acids is 1. The molecule has 0 aromatic heterocycles. The number of unbranched alkanes of at least 4 members (excludes halogenated alkanes) is 2. The Balaban J connectivity index is -0.000000190. The fourth-order valence-electron chi connectivity index (χ4n) is 1.00. The molecule has 0 radical (unpaired) electrons. The number of hydrogen-bond donors (Lipinski definition) is 2. The Hall–Kier alpha value is -1.76. The fraction of sp³-hybridized carbons (Fsp3) is 0.684. The van der Waals surface area contributed by atoms with Crippen LogP contribution in [-0.2, 0) is 9.59 Å². The average Bonchev–Trinajstić information content (AvgIpc) is 2.52. The first-order chi connectivity index (χ1) is 11.0. The van der Waals surface area contributed by atoms with Gasteiger partial charge in [0.1, 0.15) is 0 Å². The highest BCUT2D eigenvalue weighted by Gasteiger charge is 2.03. The van der Waals surface area contributed by atoms with Crippen molar-refractivity contribution in [2.24, 2.45) is 0 Å². The summed E-state index contributed by atoms with van der Waals surface area (Å²) in [5.74, 6) is 4.60. The Morgan fingerprint density at radius 1 is 1.17 bits per heavy atom. The highest BCUT2D eigenvalue weighted by atomic mass is 16.4. The maximum absolute atomic E-state index is 11.0. The van der Waals surface area contributed by atoms with E-state index in [0.717, 1.165) is 19.3 Å². The second kappa shape index (κ2) is 32.3. The molecule has 0 aliphatic heterocycles. The smallest absolute Gasteiger partial charge is 0.303 e. The van der Waals surface area contributed by atoms with Crippen molar-refractivity contribution in [3.8, 4) is 11.8 Å². The quantitative estimate of drug-likeness (QED) is 0.401. The van der Waals surface area contributed by atoms with Gasteiger partial charge in [0.25, 0.3) is 0 Å². The SMILES string of the molecule is C=CC.CC.CC#CCCCCNC(=O)CCC(=O)O.CCC. The van der Waals surface area contributed by atoms with Gasteiger partial charge in [0.05, 0.1) is 6.42 Å². The second-order valence-electron chi connectivity index (χ2n) is 4.24. The van der Waals surface area contributed by atoms with Gasteiger partial charge in [-0.2, -0.15) is 0 Å². The number of hydrogen-bond acceptors (Lipinski definition) is 2. The molecule has 0 aromatic rings. The highest BCUT2D eigenvalue weighted by molar-refractivity contribution is 5.80. The molecule has 2 N–H and O–H groups in total. The van der Waals surface area contributed by atoms with E-state index in [1.165, 1.54) is 6.42 Å². The molecule has 23 heavy (non-hydrogen) atoms. The zero-order valence-corrected chi connectivity index (χ0v) is 16.0. The molecule has 0 aromatic carbocycles. The maximum Gasteiger partial charge on any atom is 0.303 e. The van der Waals surface area contributed by atoms with E-state index in [9.17, 15) is 9.59 Å². The Bertz CT molecular complexity index is 314. The first-order valence-electron chi connectivity index (χ1n) is 8.45. The Morgan fingerprint density at radius 2 is 1.65 bits per heavy atom. The van der Waals surface area contributed by atoms with E-state index in [0.29, 0.717) is 6.54 Å². The topological polar surface area (TPSA) is 66.4 Å². The molecule has 4 heteroatoms. The number of allylic oxidation sites excluding steroid dienone is 1. The number of carbonyl (C=O) groups excluding carboxylic acids is 1. The molecule has 0 heterocycles. The molecule has 0 unspecified atom stereocenters. The molecule has 136 valence electrons. The lowest BCUT2D eigenvalue weighted by Gasteiger charge is -2.02. The number of carboxylic acids is 1. The van der Waals surface area contributed by atoms with E-state index in [4.69, 9.17) is 5.11 Å². The van der Waals surface area contributed by atoms with Gasteiger partial charge in [-0.25, -0.2) is 0 Å². The van der Waals surface area contributed by atoms with E-state index < -0.39 is 5.97 Å². The lowest BCUT2D eigenvalue weighted by molar-refractivity contribution is -0.138. The number of carbonyl (C=O) groups is 2. The minimum absolute atomic E-state index is 0.0596. The molecule has 0 atom stereocenters. The van der Waals surface area contributed by atoms with Gasteiger partial charge < -0.3 is 10.4 Å². The fourth-order valence-corrected chi connectivity index (χ4v) is 1.00. The molecule has 1 amide bonds. The van der Waals surface area contributed by atoms with Gasteiger partial charge in [-0.05, 0) is 26.7 Å². The summed E-state index contributed by atoms with van der Waals surface area (Å²) in [5, 5.41) is 11.0. The van der Waals surface area contributed by atoms with Crippen LogP contribution in [0.2, 0.25) is 0 Å². The van der Waals surface area contributed by atoms with E-state index in [-0.39, 0.29) is 18.7 Å². The predicted octanol–water partition coefficient (Wildman–Crippen LogP) is 4.80. The molecule has 0 saturated heterocycles. The summed E-state index contributed by atoms with van der Waals surface area (Å²) in [4.78, 5) is 21.2. The van der Waals surface area contributed by atoms with Crippen molar-refractivity contribution in [2.75, 3.05) is 6.54 Å². The molecule has 0 bridgehead atoms. The minimum Gasteiger partial charge on any atom is -0.481 e. The van der Waals surface area contributed by atoms with Crippen molar-refractivity contribution < 1.29 is 14.7 Å². The van der Waals surface area contributed by atoms with Crippen LogP contribution in [0.1, 0.15) is 80.1 Å². The van der Waals surface area contributed by atoms with Crippen LogP contribution in [0.25, 0.3) is 0 Å². The van der Waals surface area contributed by atoms with Crippen molar-refractivity contribution in [3.63, 3.8) is 0 Å². The zero-order valence-electron chi connectivity index (χ0n) is 16.0. The molecule has 0 fully saturated rings. The van der Waals surface area contributed by atoms with E-state index in [1.807, 2.05) is 20.8 Å². The summed E-state index contributed by atoms with van der Waals surface area (Å²) in [6.45, 7) is 15.9. The predicted molar refractivity (Wildman–Crippen MR) is 100 cm³/mol. The third-order valence-electron chi connectivity index (χ3n) is 1.79. The van der Waals surface area contributed by atoms with Gasteiger partial charge in [0.2, 0.25) is 5.91 Å². The largest absolute Gasteiger partial charge is 0.481 e. The number of rotatable bonds is 7. The molecular weight excluding hydrogens is 290 g/mol. The third-order valence-corrected chi connectivity index (χ3v) is 1.79. The average molecular weight is 328 g/mol. The molecule has 0 spiro atoms. The van der Waals surface area contributed by atoms with Gasteiger partial charge in [-0.3, -0.25) is 9.59 Å². The van der Waals surface area contributed by atoms with Gasteiger partial charge in [0, 0.05) is 19.4 Å². The van der Waals surface area contributed by atoms with Gasteiger partial charge in [-0.1, -0.05) is 40.2 Å². The first-order valence-corrected chi connectivity index (χ1v) is 8.45. The van der Waals surface area contributed by atoms with Gasteiger partial charge in [-0.15, -0.1) is 18.4 Å². The van der Waals surface area contributed by atoms with Crippen LogP contribution in [0.5, 0.6) is 0 Å². The molecular formula is C19H37NO3. The van der Waals surface area contributed by atoms with Crippen molar-refractivity contribution >= 4 is 11.9 Å². The van der Waals surface area contributed by atoms with Crippen molar-refractivity contribution in [3.05, 3.63) is 12.7 Å². The summed E-state index contributed by atoms with van der Waals surface area (Å²) in [5.41, 5.74) is 0. The van der Waals surface area contributed by atoms with Gasteiger partial charge in [0.15, 0.2) is 0 Å². The molecule has 4 nitrogen and oxygen atoms in total. The van der Waals surface area contributed by atoms with Crippen LogP contribution in [0, 0.1) is 11.8 Å². The minimum atomic E-state index is -0.941. The molecule has 0 saturated carbocycles. The molecule has 0 aliphatic rings. The monoisotopic (exact) mass is 327 g/mol. The summed E-state index contributed by atoms with van der Waals surface area (Å²) < 4.78 is 0. The third kappa shape index (κ3) is 53.3. The maximum atomic E-state index is 11.0. The van der Waals surface area contributed by atoms with Crippen molar-refractivity contribution in [1.29, 1.82) is 0 Å². The molecule has 0 rings (SSSR count). The normalized spacial score (nSPS) is 7.39. The van der Waals surface area contributed by atoms with Crippen LogP contribution >= 0.6 is 0 Å². The van der Waals surface area contributed by atoms with Crippen LogP contribution in [0.15, 0.2) is 12.7 Å². The summed E-state index contributed by atoms with van der Waals surface area (Å²) in [6.07, 6.45) is 5.65.